The van der Waals surface area contributed by atoms with Crippen molar-refractivity contribution in [3.05, 3.63) is 46.8 Å². The van der Waals surface area contributed by atoms with Crippen LogP contribution >= 0.6 is 0 Å². The van der Waals surface area contributed by atoms with Gasteiger partial charge in [-0.15, -0.1) is 0 Å². The number of esters is 1. The summed E-state index contributed by atoms with van der Waals surface area (Å²) in [6.07, 6.45) is -7.91. The van der Waals surface area contributed by atoms with Crippen LogP contribution in [0.4, 0.5) is 26.3 Å². The van der Waals surface area contributed by atoms with Crippen molar-refractivity contribution >= 4 is 16.0 Å². The van der Waals surface area contributed by atoms with Gasteiger partial charge in [-0.3, -0.25) is 4.68 Å². The van der Waals surface area contributed by atoms with Crippen molar-refractivity contribution in [2.75, 3.05) is 14.2 Å². The number of ether oxygens (including phenoxy) is 1. The summed E-state index contributed by atoms with van der Waals surface area (Å²) in [7, 11) is -2.50. The van der Waals surface area contributed by atoms with E-state index in [1.54, 1.807) is 13.8 Å². The van der Waals surface area contributed by atoms with Crippen molar-refractivity contribution in [2.45, 2.75) is 61.9 Å². The normalized spacial score (nSPS) is 17.4. The fourth-order valence-electron chi connectivity index (χ4n) is 4.14. The summed E-state index contributed by atoms with van der Waals surface area (Å²) in [5.74, 6) is -0.602. The van der Waals surface area contributed by atoms with Crippen LogP contribution < -0.4 is 0 Å². The largest absolute Gasteiger partial charge is 0.467 e. The van der Waals surface area contributed by atoms with Crippen molar-refractivity contribution in [3.63, 3.8) is 0 Å². The number of carbonyl (C=O) groups excluding carboxylic acids is 1. The molecule has 1 heterocycles. The van der Waals surface area contributed by atoms with E-state index in [1.807, 2.05) is 0 Å². The van der Waals surface area contributed by atoms with Crippen LogP contribution in [-0.2, 0) is 43.9 Å². The number of aromatic nitrogens is 2. The molecule has 0 N–H and O–H groups in total. The van der Waals surface area contributed by atoms with E-state index in [9.17, 15) is 39.6 Å². The molecule has 0 aliphatic heterocycles. The number of benzene rings is 1. The highest BCUT2D eigenvalue weighted by Crippen LogP contribution is 2.41. The van der Waals surface area contributed by atoms with E-state index in [4.69, 9.17) is 4.74 Å². The van der Waals surface area contributed by atoms with Gasteiger partial charge in [0.15, 0.2) is 5.54 Å². The van der Waals surface area contributed by atoms with Gasteiger partial charge in [0.05, 0.1) is 35.4 Å². The number of alkyl halides is 6. The molecule has 0 spiro atoms. The van der Waals surface area contributed by atoms with Gasteiger partial charge in [-0.1, -0.05) is 0 Å². The summed E-state index contributed by atoms with van der Waals surface area (Å²) in [5, 5.41) is 4.22. The first-order chi connectivity index (χ1) is 15.9. The molecule has 1 aromatic heterocycles. The lowest BCUT2D eigenvalue weighted by Gasteiger charge is -2.32. The maximum atomic E-state index is 13.3. The first kappa shape index (κ1) is 27.0. The quantitative estimate of drug-likeness (QED) is 0.422. The first-order valence-corrected chi connectivity index (χ1v) is 11.8. The zero-order valence-corrected chi connectivity index (χ0v) is 20.0. The van der Waals surface area contributed by atoms with Crippen LogP contribution in [-0.4, -0.2) is 42.6 Å². The van der Waals surface area contributed by atoms with Crippen molar-refractivity contribution in [1.82, 2.24) is 14.1 Å². The van der Waals surface area contributed by atoms with Crippen LogP contribution in [0.3, 0.4) is 0 Å². The molecule has 3 rings (SSSR count). The van der Waals surface area contributed by atoms with Gasteiger partial charge in [0.25, 0.3) is 0 Å². The fraction of sp³-hybridized carbons (Fsp3) is 0.524. The highest BCUT2D eigenvalue weighted by molar-refractivity contribution is 7.89. The van der Waals surface area contributed by atoms with Gasteiger partial charge in [0, 0.05) is 18.3 Å². The second-order valence-electron chi connectivity index (χ2n) is 8.68. The van der Waals surface area contributed by atoms with Gasteiger partial charge in [0.1, 0.15) is 0 Å². The summed E-state index contributed by atoms with van der Waals surface area (Å²) < 4.78 is 113. The van der Waals surface area contributed by atoms with Crippen LogP contribution in [0.1, 0.15) is 55.1 Å². The Kier molecular flexibility index (Phi) is 6.79. The minimum Gasteiger partial charge on any atom is -0.467 e. The molecular weight excluding hydrogens is 504 g/mol. The van der Waals surface area contributed by atoms with Crippen molar-refractivity contribution in [1.29, 1.82) is 0 Å². The average molecular weight is 527 g/mol. The lowest BCUT2D eigenvalue weighted by Crippen LogP contribution is -2.40. The number of carbonyl (C=O) groups is 1. The zero-order chi connectivity index (χ0) is 26.6. The molecule has 0 amide bonds. The van der Waals surface area contributed by atoms with Crippen LogP contribution in [0, 0.1) is 0 Å². The smallest absolute Gasteiger partial charge is 0.416 e. The molecule has 194 valence electrons. The highest BCUT2D eigenvalue weighted by atomic mass is 32.2. The van der Waals surface area contributed by atoms with Gasteiger partial charge < -0.3 is 4.74 Å². The third-order valence-electron chi connectivity index (χ3n) is 6.04. The predicted molar refractivity (Wildman–Crippen MR) is 111 cm³/mol. The lowest BCUT2D eigenvalue weighted by molar-refractivity contribution is -0.150. The second kappa shape index (κ2) is 8.80. The van der Waals surface area contributed by atoms with E-state index in [0.717, 1.165) is 11.4 Å². The number of fused-ring (bicyclic) bond motifs is 1. The molecule has 1 atom stereocenters. The molecule has 0 radical (unpaired) electrons. The Bertz CT molecular complexity index is 1200. The zero-order valence-electron chi connectivity index (χ0n) is 19.2. The monoisotopic (exact) mass is 527 g/mol. The van der Waals surface area contributed by atoms with Gasteiger partial charge in [-0.05, 0) is 51.3 Å². The van der Waals surface area contributed by atoms with Crippen LogP contribution in [0.25, 0.3) is 0 Å². The Morgan fingerprint density at radius 1 is 1.09 bits per heavy atom. The standard InChI is InChI=1S/C21H23F6N3O4S/c1-19(2,18(31)34-4)30-17-7-5-6-16(15(17)11-28-30)29(3)35(32,33)14-9-12(20(22,23)24)8-13(10-14)21(25,26)27/h8-11,16H,5-7H2,1-4H3/t16-/m1/s1. The second-order valence-corrected chi connectivity index (χ2v) is 10.7. The Morgan fingerprint density at radius 2 is 1.63 bits per heavy atom. The average Bonchev–Trinajstić information content (AvgIpc) is 3.21. The van der Waals surface area contributed by atoms with Crippen molar-refractivity contribution in [3.8, 4) is 0 Å². The van der Waals surface area contributed by atoms with Crippen molar-refractivity contribution in [2.24, 2.45) is 0 Å². The first-order valence-electron chi connectivity index (χ1n) is 10.4. The third kappa shape index (κ3) is 4.90. The number of hydrogen-bond acceptors (Lipinski definition) is 5. The molecule has 0 unspecified atom stereocenters. The summed E-state index contributed by atoms with van der Waals surface area (Å²) in [6.45, 7) is 3.11. The summed E-state index contributed by atoms with van der Waals surface area (Å²) >= 11 is 0. The van der Waals surface area contributed by atoms with Crippen LogP contribution in [0.5, 0.6) is 0 Å². The summed E-state index contributed by atoms with van der Waals surface area (Å²) in [6, 6.07) is -0.672. The van der Waals surface area contributed by atoms with E-state index in [2.05, 4.69) is 5.10 Å². The Morgan fingerprint density at radius 3 is 2.11 bits per heavy atom. The number of hydrogen-bond donors (Lipinski definition) is 0. The predicted octanol–water partition coefficient (Wildman–Crippen LogP) is 4.53. The molecule has 0 fully saturated rings. The SMILES string of the molecule is COC(=O)C(C)(C)n1ncc2c1CCC[C@H]2N(C)S(=O)(=O)c1cc(C(F)(F)F)cc(C(F)(F)F)c1. The van der Waals surface area contributed by atoms with E-state index in [-0.39, 0.29) is 24.6 Å². The van der Waals surface area contributed by atoms with Crippen LogP contribution in [0.2, 0.25) is 0 Å². The van der Waals surface area contributed by atoms with Crippen LogP contribution in [0.15, 0.2) is 29.3 Å². The molecule has 7 nitrogen and oxygen atoms in total. The molecule has 2 aromatic rings. The van der Waals surface area contributed by atoms with E-state index in [0.29, 0.717) is 24.1 Å². The summed E-state index contributed by atoms with van der Waals surface area (Å²) in [4.78, 5) is 11.1. The fourth-order valence-corrected chi connectivity index (χ4v) is 5.58. The van der Waals surface area contributed by atoms with Gasteiger partial charge in [-0.25, -0.2) is 13.2 Å². The Labute approximate surface area is 197 Å². The Balaban J connectivity index is 2.09. The topological polar surface area (TPSA) is 81.5 Å². The molecule has 1 aliphatic carbocycles. The maximum absolute atomic E-state index is 13.3. The molecule has 14 heteroatoms. The van der Waals surface area contributed by atoms with Gasteiger partial charge in [0.2, 0.25) is 10.0 Å². The Hall–Kier alpha value is -2.61. The maximum Gasteiger partial charge on any atom is 0.416 e. The third-order valence-corrected chi connectivity index (χ3v) is 7.89. The lowest BCUT2D eigenvalue weighted by atomic mass is 9.92. The molecule has 0 saturated heterocycles. The summed E-state index contributed by atoms with van der Waals surface area (Å²) in [5.41, 5.74) is -3.75. The van der Waals surface area contributed by atoms with E-state index < -0.39 is 55.9 Å². The molecule has 35 heavy (non-hydrogen) atoms. The molecular formula is C21H23F6N3O4S. The molecule has 1 aromatic carbocycles. The molecule has 1 aliphatic rings. The number of rotatable bonds is 5. The number of nitrogens with zero attached hydrogens (tertiary/aromatic N) is 3. The number of methoxy groups -OCH3 is 1. The van der Waals surface area contributed by atoms with E-state index in [1.165, 1.54) is 18.0 Å². The van der Waals surface area contributed by atoms with E-state index >= 15 is 0 Å². The molecule has 0 saturated carbocycles. The van der Waals surface area contributed by atoms with Gasteiger partial charge >= 0.3 is 18.3 Å². The minimum absolute atomic E-state index is 0.128. The molecule has 0 bridgehead atoms. The number of sulfonamides is 1. The number of halogens is 6. The highest BCUT2D eigenvalue weighted by Gasteiger charge is 2.42. The minimum atomic E-state index is -5.19. The van der Waals surface area contributed by atoms with Crippen molar-refractivity contribution < 1.29 is 44.3 Å². The van der Waals surface area contributed by atoms with Gasteiger partial charge in [-0.2, -0.15) is 35.7 Å².